The lowest BCUT2D eigenvalue weighted by molar-refractivity contribution is -0.138. The Bertz CT molecular complexity index is 540. The largest absolute Gasteiger partial charge is 0.480 e. The maximum absolute atomic E-state index is 12.3. The van der Waals surface area contributed by atoms with Crippen molar-refractivity contribution in [3.63, 3.8) is 0 Å². The molecule has 6 heteroatoms. The summed E-state index contributed by atoms with van der Waals surface area (Å²) in [5.74, 6) is -0.606. The van der Waals surface area contributed by atoms with E-state index in [0.717, 1.165) is 35.9 Å². The number of carbonyl (C=O) groups is 2. The summed E-state index contributed by atoms with van der Waals surface area (Å²) < 4.78 is 6.48. The van der Waals surface area contributed by atoms with Crippen LogP contribution in [0.5, 0.6) is 5.75 Å². The summed E-state index contributed by atoms with van der Waals surface area (Å²) in [6.45, 7) is 3.26. The van der Waals surface area contributed by atoms with Gasteiger partial charge in [-0.05, 0) is 67.0 Å². The van der Waals surface area contributed by atoms with Crippen molar-refractivity contribution < 1.29 is 19.4 Å². The van der Waals surface area contributed by atoms with Crippen LogP contribution in [-0.2, 0) is 4.79 Å². The van der Waals surface area contributed by atoms with Crippen LogP contribution in [0, 0.1) is 3.57 Å². The van der Waals surface area contributed by atoms with E-state index in [9.17, 15) is 9.59 Å². The molecule has 0 saturated carbocycles. The maximum atomic E-state index is 12.3. The van der Waals surface area contributed by atoms with Crippen molar-refractivity contribution in [3.8, 4) is 5.75 Å². The molecule has 1 amide bonds. The first-order chi connectivity index (χ1) is 9.99. The van der Waals surface area contributed by atoms with Crippen LogP contribution in [0.1, 0.15) is 36.5 Å². The fourth-order valence-corrected chi connectivity index (χ4v) is 2.80. The number of hydrogen-bond acceptors (Lipinski definition) is 3. The summed E-state index contributed by atoms with van der Waals surface area (Å²) in [6, 6.07) is 4.66. The summed E-state index contributed by atoms with van der Waals surface area (Å²) in [5, 5.41) is 9.01. The number of rotatable bonds is 4. The molecule has 1 saturated heterocycles. The number of carboxylic acid groups (broad SMARTS) is 1. The molecule has 1 N–H and O–H groups in total. The van der Waals surface area contributed by atoms with Crippen molar-refractivity contribution >= 4 is 34.5 Å². The number of nitrogens with zero attached hydrogens (tertiary/aromatic N) is 1. The standard InChI is InChI=1S/C15H18INO4/c1-10(14(18)17-7-3-2-4-8-17)21-13-9-11(15(19)20)5-6-12(13)16/h5-6,9-10H,2-4,7-8H2,1H3,(H,19,20). The van der Waals surface area contributed by atoms with E-state index < -0.39 is 12.1 Å². The van der Waals surface area contributed by atoms with Gasteiger partial charge in [0.05, 0.1) is 9.13 Å². The van der Waals surface area contributed by atoms with Gasteiger partial charge < -0.3 is 14.7 Å². The van der Waals surface area contributed by atoms with E-state index in [1.165, 1.54) is 12.1 Å². The van der Waals surface area contributed by atoms with Gasteiger partial charge >= 0.3 is 5.97 Å². The molecule has 2 rings (SSSR count). The van der Waals surface area contributed by atoms with Crippen LogP contribution in [0.4, 0.5) is 0 Å². The van der Waals surface area contributed by atoms with Crippen molar-refractivity contribution in [2.75, 3.05) is 13.1 Å². The van der Waals surface area contributed by atoms with Crippen molar-refractivity contribution in [2.24, 2.45) is 0 Å². The average Bonchev–Trinajstić information content (AvgIpc) is 2.49. The molecule has 1 aliphatic heterocycles. The first kappa shape index (κ1) is 16.1. The minimum absolute atomic E-state index is 0.0359. The van der Waals surface area contributed by atoms with Crippen LogP contribution in [0.15, 0.2) is 18.2 Å². The van der Waals surface area contributed by atoms with Crippen LogP contribution in [0.2, 0.25) is 0 Å². The third-order valence-electron chi connectivity index (χ3n) is 3.50. The number of piperidine rings is 1. The third-order valence-corrected chi connectivity index (χ3v) is 4.39. The first-order valence-corrected chi connectivity index (χ1v) is 8.05. The zero-order valence-electron chi connectivity index (χ0n) is 11.8. The van der Waals surface area contributed by atoms with Gasteiger partial charge in [0.2, 0.25) is 0 Å². The van der Waals surface area contributed by atoms with Crippen LogP contribution in [0.25, 0.3) is 0 Å². The van der Waals surface area contributed by atoms with Gasteiger partial charge in [0, 0.05) is 13.1 Å². The molecule has 0 aromatic heterocycles. The Hall–Kier alpha value is -1.31. The molecule has 1 fully saturated rings. The minimum atomic E-state index is -1.01. The number of hydrogen-bond donors (Lipinski definition) is 1. The molecule has 0 spiro atoms. The number of halogens is 1. The van der Waals surface area contributed by atoms with E-state index >= 15 is 0 Å². The second-order valence-corrected chi connectivity index (χ2v) is 6.26. The second-order valence-electron chi connectivity index (χ2n) is 5.10. The molecular formula is C15H18INO4. The van der Waals surface area contributed by atoms with Gasteiger partial charge in [-0.15, -0.1) is 0 Å². The van der Waals surface area contributed by atoms with E-state index in [0.29, 0.717) is 5.75 Å². The van der Waals surface area contributed by atoms with E-state index in [-0.39, 0.29) is 11.5 Å². The summed E-state index contributed by atoms with van der Waals surface area (Å²) in [7, 11) is 0. The van der Waals surface area contributed by atoms with Gasteiger partial charge in [-0.1, -0.05) is 0 Å². The molecule has 1 atom stereocenters. The van der Waals surface area contributed by atoms with Crippen molar-refractivity contribution in [1.82, 2.24) is 4.90 Å². The van der Waals surface area contributed by atoms with Gasteiger partial charge in [-0.25, -0.2) is 4.79 Å². The van der Waals surface area contributed by atoms with Gasteiger partial charge in [0.15, 0.2) is 6.10 Å². The number of benzene rings is 1. The number of likely N-dealkylation sites (tertiary alicyclic amines) is 1. The molecule has 0 aliphatic carbocycles. The molecule has 1 unspecified atom stereocenters. The molecule has 0 radical (unpaired) electrons. The Labute approximate surface area is 137 Å². The normalized spacial score (nSPS) is 16.4. The lowest BCUT2D eigenvalue weighted by Gasteiger charge is -2.29. The van der Waals surface area contributed by atoms with Gasteiger partial charge in [-0.2, -0.15) is 0 Å². The van der Waals surface area contributed by atoms with Crippen molar-refractivity contribution in [1.29, 1.82) is 0 Å². The highest BCUT2D eigenvalue weighted by Gasteiger charge is 2.24. The number of carbonyl (C=O) groups excluding carboxylic acids is 1. The maximum Gasteiger partial charge on any atom is 0.335 e. The molecule has 0 bridgehead atoms. The predicted octanol–water partition coefficient (Wildman–Crippen LogP) is 2.77. The Kier molecular flexibility index (Phi) is 5.44. The number of amides is 1. The van der Waals surface area contributed by atoms with E-state index in [1.54, 1.807) is 13.0 Å². The molecule has 1 aliphatic rings. The Morgan fingerprint density at radius 3 is 2.57 bits per heavy atom. The van der Waals surface area contributed by atoms with Crippen LogP contribution < -0.4 is 4.74 Å². The summed E-state index contributed by atoms with van der Waals surface area (Å²) in [5.41, 5.74) is 0.156. The molecule has 1 heterocycles. The molecule has 21 heavy (non-hydrogen) atoms. The number of carboxylic acids is 1. The molecule has 114 valence electrons. The summed E-state index contributed by atoms with van der Waals surface area (Å²) >= 11 is 2.07. The Balaban J connectivity index is 2.07. The SMILES string of the molecule is CC(Oc1cc(C(=O)O)ccc1I)C(=O)N1CCCCC1. The van der Waals surface area contributed by atoms with Crippen LogP contribution in [-0.4, -0.2) is 41.1 Å². The molecule has 1 aromatic rings. The summed E-state index contributed by atoms with van der Waals surface area (Å²) in [6.07, 6.45) is 2.62. The van der Waals surface area contributed by atoms with E-state index in [2.05, 4.69) is 22.6 Å². The monoisotopic (exact) mass is 403 g/mol. The van der Waals surface area contributed by atoms with Crippen molar-refractivity contribution in [3.05, 3.63) is 27.3 Å². The highest BCUT2D eigenvalue weighted by molar-refractivity contribution is 14.1. The minimum Gasteiger partial charge on any atom is -0.480 e. The average molecular weight is 403 g/mol. The number of ether oxygens (including phenoxy) is 1. The van der Waals surface area contributed by atoms with Crippen LogP contribution in [0.3, 0.4) is 0 Å². The fourth-order valence-electron chi connectivity index (χ4n) is 2.34. The first-order valence-electron chi connectivity index (χ1n) is 6.97. The predicted molar refractivity (Wildman–Crippen MR) is 86.6 cm³/mol. The van der Waals surface area contributed by atoms with Gasteiger partial charge in [0.1, 0.15) is 5.75 Å². The third kappa shape index (κ3) is 4.09. The zero-order chi connectivity index (χ0) is 15.4. The van der Waals surface area contributed by atoms with Gasteiger partial charge in [0.25, 0.3) is 5.91 Å². The van der Waals surface area contributed by atoms with Crippen molar-refractivity contribution in [2.45, 2.75) is 32.3 Å². The Morgan fingerprint density at radius 2 is 1.95 bits per heavy atom. The Morgan fingerprint density at radius 1 is 1.29 bits per heavy atom. The highest BCUT2D eigenvalue weighted by Crippen LogP contribution is 2.24. The lowest BCUT2D eigenvalue weighted by atomic mass is 10.1. The molecule has 1 aromatic carbocycles. The van der Waals surface area contributed by atoms with Gasteiger partial charge in [-0.3, -0.25) is 4.79 Å². The highest BCUT2D eigenvalue weighted by atomic mass is 127. The summed E-state index contributed by atoms with van der Waals surface area (Å²) in [4.78, 5) is 25.1. The van der Waals surface area contributed by atoms with Crippen LogP contribution >= 0.6 is 22.6 Å². The molecule has 5 nitrogen and oxygen atoms in total. The topological polar surface area (TPSA) is 66.8 Å². The van der Waals surface area contributed by atoms with E-state index in [1.807, 2.05) is 4.90 Å². The lowest BCUT2D eigenvalue weighted by Crippen LogP contribution is -2.43. The smallest absolute Gasteiger partial charge is 0.335 e. The fraction of sp³-hybridized carbons (Fsp3) is 0.467. The zero-order valence-corrected chi connectivity index (χ0v) is 14.0. The quantitative estimate of drug-likeness (QED) is 0.786. The molecular weight excluding hydrogens is 385 g/mol. The second kappa shape index (κ2) is 7.11. The van der Waals surface area contributed by atoms with E-state index in [4.69, 9.17) is 9.84 Å². The number of aromatic carboxylic acids is 1.